The Bertz CT molecular complexity index is 651. The molecule has 4 aliphatic rings. The molecular weight excluding hydrogens is 350 g/mol. The Hall–Kier alpha value is -1.32. The lowest BCUT2D eigenvalue weighted by Crippen LogP contribution is -2.60. The number of nitrogens with one attached hydrogen (secondary N) is 1. The van der Waals surface area contributed by atoms with Crippen LogP contribution in [0.2, 0.25) is 0 Å². The van der Waals surface area contributed by atoms with Gasteiger partial charge in [0.2, 0.25) is 5.91 Å². The van der Waals surface area contributed by atoms with Crippen molar-refractivity contribution < 1.29 is 19.8 Å². The van der Waals surface area contributed by atoms with Crippen molar-refractivity contribution in [2.75, 3.05) is 6.54 Å². The quantitative estimate of drug-likeness (QED) is 0.625. The van der Waals surface area contributed by atoms with E-state index in [0.29, 0.717) is 9.49 Å². The van der Waals surface area contributed by atoms with E-state index in [2.05, 4.69) is 16.4 Å². The number of piperidine rings is 1. The van der Waals surface area contributed by atoms with E-state index in [4.69, 9.17) is 0 Å². The average Bonchev–Trinajstić information content (AvgIpc) is 3.09. The van der Waals surface area contributed by atoms with Crippen LogP contribution in [0.1, 0.15) is 19.8 Å². The molecule has 0 aliphatic carbocycles. The Morgan fingerprint density at radius 1 is 1.54 bits per heavy atom. The van der Waals surface area contributed by atoms with Crippen molar-refractivity contribution in [2.24, 2.45) is 5.92 Å². The number of aliphatic hydroxyl groups excluding tert-OH is 1. The molecule has 0 saturated carbocycles. The maximum atomic E-state index is 12.2. The van der Waals surface area contributed by atoms with Gasteiger partial charge < -0.3 is 20.4 Å². The molecule has 0 aromatic carbocycles. The Morgan fingerprint density at radius 2 is 2.33 bits per heavy atom. The maximum absolute atomic E-state index is 12.2. The van der Waals surface area contributed by atoms with E-state index in [1.807, 2.05) is 6.20 Å². The highest BCUT2D eigenvalue weighted by Gasteiger charge is 2.58. The molecule has 7 nitrogen and oxygen atoms in total. The average molecular weight is 369 g/mol. The highest BCUT2D eigenvalue weighted by Crippen LogP contribution is 2.55. The molecule has 4 rings (SSSR count). The first kappa shape index (κ1) is 16.2. The molecule has 24 heavy (non-hydrogen) atoms. The van der Waals surface area contributed by atoms with E-state index in [1.165, 1.54) is 16.7 Å². The molecule has 3 N–H and O–H groups in total. The number of rotatable bonds is 4. The first-order valence-corrected chi connectivity index (χ1v) is 9.74. The first-order valence-electron chi connectivity index (χ1n) is 7.98. The van der Waals surface area contributed by atoms with Crippen molar-refractivity contribution in [3.63, 3.8) is 0 Å². The summed E-state index contributed by atoms with van der Waals surface area (Å²) in [6.45, 7) is 2.52. The van der Waals surface area contributed by atoms with E-state index in [-0.39, 0.29) is 23.1 Å². The molecule has 0 radical (unpaired) electrons. The third-order valence-corrected chi connectivity index (χ3v) is 7.79. The first-order chi connectivity index (χ1) is 11.5. The predicted molar refractivity (Wildman–Crippen MR) is 91.4 cm³/mol. The van der Waals surface area contributed by atoms with Gasteiger partial charge in [-0.25, -0.2) is 4.79 Å². The minimum absolute atomic E-state index is 0.0943. The minimum atomic E-state index is -1.07. The molecule has 0 aromatic rings. The highest BCUT2D eigenvalue weighted by atomic mass is 32.2. The van der Waals surface area contributed by atoms with Crippen LogP contribution >= 0.6 is 23.5 Å². The minimum Gasteiger partial charge on any atom is -0.477 e. The number of hydrogen-bond acceptors (Lipinski definition) is 7. The third kappa shape index (κ3) is 2.41. The predicted octanol–water partition coefficient (Wildman–Crippen LogP) is 0.750. The SMILES string of the molecule is C[C@@H](O)[C@H]1C(=O)N2C(C(=O)O)=C(SC3CCN4C=CNC4C3)S[C@H]12. The Morgan fingerprint density at radius 3 is 3.04 bits per heavy atom. The summed E-state index contributed by atoms with van der Waals surface area (Å²) in [5.74, 6) is -1.86. The number of carboxylic acid groups (broad SMARTS) is 1. The summed E-state index contributed by atoms with van der Waals surface area (Å²) in [6, 6.07) is 0. The number of carbonyl (C=O) groups is 2. The van der Waals surface area contributed by atoms with Gasteiger partial charge in [0, 0.05) is 24.2 Å². The van der Waals surface area contributed by atoms with Crippen LogP contribution in [-0.2, 0) is 9.59 Å². The van der Waals surface area contributed by atoms with Gasteiger partial charge in [0.25, 0.3) is 0 Å². The van der Waals surface area contributed by atoms with E-state index in [0.717, 1.165) is 19.4 Å². The number of aliphatic hydroxyl groups is 1. The summed E-state index contributed by atoms with van der Waals surface area (Å²) in [5.41, 5.74) is 0.0943. The largest absolute Gasteiger partial charge is 0.477 e. The fourth-order valence-corrected chi connectivity index (χ4v) is 6.98. The van der Waals surface area contributed by atoms with Gasteiger partial charge in [0.1, 0.15) is 5.37 Å². The van der Waals surface area contributed by atoms with Crippen molar-refractivity contribution in [1.82, 2.24) is 15.1 Å². The molecule has 0 bridgehead atoms. The molecular formula is C15H19N3O4S2. The summed E-state index contributed by atoms with van der Waals surface area (Å²) < 4.78 is 0.702. The number of carboxylic acids is 1. The molecule has 0 aromatic heterocycles. The van der Waals surface area contributed by atoms with Crippen LogP contribution in [0.15, 0.2) is 22.3 Å². The number of fused-ring (bicyclic) bond motifs is 2. The number of hydrogen-bond donors (Lipinski definition) is 3. The highest BCUT2D eigenvalue weighted by molar-refractivity contribution is 8.23. The van der Waals surface area contributed by atoms with Crippen LogP contribution in [0, 0.1) is 5.92 Å². The molecule has 4 aliphatic heterocycles. The Balaban J connectivity index is 1.50. The lowest BCUT2D eigenvalue weighted by atomic mass is 9.92. The Labute approximate surface area is 148 Å². The number of thioether (sulfide) groups is 2. The van der Waals surface area contributed by atoms with Crippen molar-refractivity contribution in [2.45, 2.75) is 42.7 Å². The monoisotopic (exact) mass is 369 g/mol. The normalized spacial score (nSPS) is 35.5. The maximum Gasteiger partial charge on any atom is 0.354 e. The van der Waals surface area contributed by atoms with Gasteiger partial charge in [0.05, 0.1) is 22.4 Å². The second-order valence-electron chi connectivity index (χ2n) is 6.42. The zero-order valence-electron chi connectivity index (χ0n) is 13.1. The van der Waals surface area contributed by atoms with Gasteiger partial charge in [-0.1, -0.05) is 11.8 Å². The fraction of sp³-hybridized carbons (Fsp3) is 0.600. The summed E-state index contributed by atoms with van der Waals surface area (Å²) in [5, 5.41) is 22.7. The Kier molecular flexibility index (Phi) is 3.97. The van der Waals surface area contributed by atoms with Crippen LogP contribution in [0.3, 0.4) is 0 Å². The fourth-order valence-electron chi connectivity index (χ4n) is 3.63. The molecule has 1 amide bonds. The molecule has 4 heterocycles. The molecule has 9 heteroatoms. The van der Waals surface area contributed by atoms with Crippen LogP contribution in [0.4, 0.5) is 0 Å². The lowest BCUT2D eigenvalue weighted by molar-refractivity contribution is -0.156. The van der Waals surface area contributed by atoms with Crippen molar-refractivity contribution >= 4 is 35.4 Å². The van der Waals surface area contributed by atoms with Gasteiger partial charge >= 0.3 is 5.97 Å². The molecule has 2 unspecified atom stereocenters. The zero-order valence-corrected chi connectivity index (χ0v) is 14.7. The summed E-state index contributed by atoms with van der Waals surface area (Å²) in [4.78, 5) is 27.5. The van der Waals surface area contributed by atoms with Crippen LogP contribution in [0.5, 0.6) is 0 Å². The van der Waals surface area contributed by atoms with E-state index in [1.54, 1.807) is 18.7 Å². The smallest absolute Gasteiger partial charge is 0.354 e. The number of amides is 1. The van der Waals surface area contributed by atoms with Crippen molar-refractivity contribution in [3.8, 4) is 0 Å². The van der Waals surface area contributed by atoms with Crippen molar-refractivity contribution in [1.29, 1.82) is 0 Å². The van der Waals surface area contributed by atoms with Gasteiger partial charge in [-0.2, -0.15) is 0 Å². The zero-order chi connectivity index (χ0) is 17.0. The van der Waals surface area contributed by atoms with Crippen LogP contribution in [-0.4, -0.2) is 61.3 Å². The molecule has 5 atom stereocenters. The van der Waals surface area contributed by atoms with Gasteiger partial charge in [-0.05, 0) is 19.8 Å². The second kappa shape index (κ2) is 5.89. The van der Waals surface area contributed by atoms with E-state index >= 15 is 0 Å². The number of aliphatic carboxylic acids is 1. The van der Waals surface area contributed by atoms with Crippen LogP contribution in [0.25, 0.3) is 0 Å². The standard InChI is InChI=1S/C15H19N3O4S2/c1-7(19)10-12(20)18-11(14(21)22)15(24-13(10)18)23-8-2-4-17-5-3-16-9(17)6-8/h3,5,7-10,13,16,19H,2,4,6H2,1H3,(H,21,22)/t7-,8?,9?,10+,13-/m1/s1. The number of carbonyl (C=O) groups excluding carboxylic acids is 1. The lowest BCUT2D eigenvalue weighted by Gasteiger charge is -2.43. The van der Waals surface area contributed by atoms with Gasteiger partial charge in [-0.3, -0.25) is 9.69 Å². The summed E-state index contributed by atoms with van der Waals surface area (Å²) in [6.07, 6.45) is 5.41. The number of nitrogens with zero attached hydrogens (tertiary/aromatic N) is 2. The molecule has 130 valence electrons. The van der Waals surface area contributed by atoms with E-state index in [9.17, 15) is 19.8 Å². The second-order valence-corrected chi connectivity index (χ2v) is 9.12. The molecule has 2 saturated heterocycles. The van der Waals surface area contributed by atoms with E-state index < -0.39 is 18.0 Å². The van der Waals surface area contributed by atoms with Gasteiger partial charge in [0.15, 0.2) is 5.70 Å². The van der Waals surface area contributed by atoms with Crippen molar-refractivity contribution in [3.05, 3.63) is 22.3 Å². The summed E-state index contributed by atoms with van der Waals surface area (Å²) in [7, 11) is 0. The molecule has 0 spiro atoms. The number of β-lactam (4-membered cyclic amide) rings is 1. The molecule has 2 fully saturated rings. The topological polar surface area (TPSA) is 93.1 Å². The summed E-state index contributed by atoms with van der Waals surface area (Å²) >= 11 is 2.98. The van der Waals surface area contributed by atoms with Crippen LogP contribution < -0.4 is 5.32 Å². The van der Waals surface area contributed by atoms with Gasteiger partial charge in [-0.15, -0.1) is 11.8 Å². The third-order valence-electron chi connectivity index (χ3n) is 4.89.